The summed E-state index contributed by atoms with van der Waals surface area (Å²) in [7, 11) is 2.10. The van der Waals surface area contributed by atoms with Gasteiger partial charge in [0.1, 0.15) is 17.1 Å². The van der Waals surface area contributed by atoms with E-state index in [0.29, 0.717) is 5.69 Å². The number of unbranched alkanes of at least 4 members (excludes halogenated alkanes) is 3. The molecular weight excluding hydrogens is 414 g/mol. The molecule has 0 atom stereocenters. The van der Waals surface area contributed by atoms with E-state index in [2.05, 4.69) is 42.9 Å². The average molecular weight is 454 g/mol. The Hall–Kier alpha value is -2.73. The molecule has 180 valence electrons. The standard InChI is InChI=1S/C27H39N3O3/c1-5-6-7-10-13-27(2,3)20-18-23(31)25(24(32)19-20)26(33)28-21-11-8-9-12-22(21)30-16-14-29(4)15-17-30/h8-9,11-12,18-19,31-32H,5-7,10,13-17H2,1-4H3,(H,28,33). The third-order valence-corrected chi connectivity index (χ3v) is 6.76. The Balaban J connectivity index is 1.77. The first kappa shape index (κ1) is 24.9. The highest BCUT2D eigenvalue weighted by molar-refractivity contribution is 6.09. The number of rotatable bonds is 9. The van der Waals surface area contributed by atoms with Crippen molar-refractivity contribution in [3.05, 3.63) is 47.5 Å². The van der Waals surface area contributed by atoms with Crippen molar-refractivity contribution < 1.29 is 15.0 Å². The zero-order valence-corrected chi connectivity index (χ0v) is 20.5. The summed E-state index contributed by atoms with van der Waals surface area (Å²) in [6.07, 6.45) is 5.61. The van der Waals surface area contributed by atoms with Crippen molar-refractivity contribution in [3.63, 3.8) is 0 Å². The van der Waals surface area contributed by atoms with Crippen molar-refractivity contribution in [2.45, 2.75) is 58.3 Å². The molecule has 2 aromatic rings. The topological polar surface area (TPSA) is 76.0 Å². The Bertz CT molecular complexity index is 926. The minimum absolute atomic E-state index is 0.0892. The SMILES string of the molecule is CCCCCCC(C)(C)c1cc(O)c(C(=O)Nc2ccccc2N2CCN(C)CC2)c(O)c1. The number of likely N-dealkylation sites (N-methyl/N-ethyl adjacent to an activating group) is 1. The molecule has 6 heteroatoms. The predicted molar refractivity (Wildman–Crippen MR) is 136 cm³/mol. The van der Waals surface area contributed by atoms with Gasteiger partial charge in [0.15, 0.2) is 0 Å². The monoisotopic (exact) mass is 453 g/mol. The molecule has 0 spiro atoms. The summed E-state index contributed by atoms with van der Waals surface area (Å²) in [6, 6.07) is 10.9. The Kier molecular flexibility index (Phi) is 8.25. The summed E-state index contributed by atoms with van der Waals surface area (Å²) < 4.78 is 0. The van der Waals surface area contributed by atoms with E-state index in [1.54, 1.807) is 12.1 Å². The highest BCUT2D eigenvalue weighted by Crippen LogP contribution is 2.38. The lowest BCUT2D eigenvalue weighted by molar-refractivity contribution is 0.102. The van der Waals surface area contributed by atoms with Crippen LogP contribution in [0.3, 0.4) is 0 Å². The summed E-state index contributed by atoms with van der Waals surface area (Å²) in [4.78, 5) is 17.6. The van der Waals surface area contributed by atoms with Crippen molar-refractivity contribution in [3.8, 4) is 11.5 Å². The van der Waals surface area contributed by atoms with Gasteiger partial charge in [0.2, 0.25) is 0 Å². The van der Waals surface area contributed by atoms with Gasteiger partial charge in [0, 0.05) is 26.2 Å². The van der Waals surface area contributed by atoms with E-state index in [-0.39, 0.29) is 22.5 Å². The van der Waals surface area contributed by atoms with E-state index >= 15 is 0 Å². The maximum atomic E-state index is 13.1. The molecule has 33 heavy (non-hydrogen) atoms. The lowest BCUT2D eigenvalue weighted by Crippen LogP contribution is -2.44. The number of piperazine rings is 1. The number of hydrogen-bond acceptors (Lipinski definition) is 5. The number of phenolic OH excluding ortho intramolecular Hbond substituents is 2. The van der Waals surface area contributed by atoms with Crippen LogP contribution < -0.4 is 10.2 Å². The second-order valence-corrected chi connectivity index (χ2v) is 9.85. The molecule has 1 saturated heterocycles. The van der Waals surface area contributed by atoms with Crippen molar-refractivity contribution in [2.24, 2.45) is 0 Å². The lowest BCUT2D eigenvalue weighted by Gasteiger charge is -2.35. The van der Waals surface area contributed by atoms with Crippen molar-refractivity contribution in [1.29, 1.82) is 0 Å². The molecule has 0 unspecified atom stereocenters. The van der Waals surface area contributed by atoms with Crippen LogP contribution in [0, 0.1) is 0 Å². The van der Waals surface area contributed by atoms with E-state index < -0.39 is 5.91 Å². The van der Waals surface area contributed by atoms with Gasteiger partial charge in [-0.05, 0) is 48.7 Å². The second kappa shape index (κ2) is 10.9. The van der Waals surface area contributed by atoms with E-state index in [1.165, 1.54) is 19.3 Å². The van der Waals surface area contributed by atoms with E-state index in [1.807, 2.05) is 24.3 Å². The molecule has 6 nitrogen and oxygen atoms in total. The first-order chi connectivity index (χ1) is 15.7. The number of carbonyl (C=O) groups is 1. The van der Waals surface area contributed by atoms with Gasteiger partial charge >= 0.3 is 0 Å². The molecule has 2 aromatic carbocycles. The molecule has 0 bridgehead atoms. The number of anilines is 2. The predicted octanol–water partition coefficient (Wildman–Crippen LogP) is 5.35. The Labute approximate surface area is 198 Å². The number of hydrogen-bond donors (Lipinski definition) is 3. The summed E-state index contributed by atoms with van der Waals surface area (Å²) in [6.45, 7) is 10.1. The van der Waals surface area contributed by atoms with Gasteiger partial charge in [-0.1, -0.05) is 58.6 Å². The quantitative estimate of drug-likeness (QED) is 0.446. The van der Waals surface area contributed by atoms with Crippen molar-refractivity contribution in [2.75, 3.05) is 43.4 Å². The first-order valence-electron chi connectivity index (χ1n) is 12.1. The lowest BCUT2D eigenvalue weighted by atomic mass is 9.79. The molecule has 1 aliphatic heterocycles. The molecular formula is C27H39N3O3. The van der Waals surface area contributed by atoms with Gasteiger partial charge in [-0.25, -0.2) is 0 Å². The number of amides is 1. The van der Waals surface area contributed by atoms with Crippen LogP contribution in [0.15, 0.2) is 36.4 Å². The highest BCUT2D eigenvalue weighted by atomic mass is 16.3. The van der Waals surface area contributed by atoms with Gasteiger partial charge in [-0.3, -0.25) is 4.79 Å². The van der Waals surface area contributed by atoms with E-state index in [0.717, 1.165) is 50.3 Å². The Morgan fingerprint density at radius 1 is 1.00 bits per heavy atom. The molecule has 0 aliphatic carbocycles. The van der Waals surface area contributed by atoms with Crippen LogP contribution in [0.4, 0.5) is 11.4 Å². The van der Waals surface area contributed by atoms with Crippen LogP contribution in [0.25, 0.3) is 0 Å². The normalized spacial score (nSPS) is 15.0. The number of nitrogens with zero attached hydrogens (tertiary/aromatic N) is 2. The fourth-order valence-electron chi connectivity index (χ4n) is 4.46. The van der Waals surface area contributed by atoms with Crippen LogP contribution in [0.5, 0.6) is 11.5 Å². The van der Waals surface area contributed by atoms with Crippen LogP contribution in [0.1, 0.15) is 68.8 Å². The van der Waals surface area contributed by atoms with Gasteiger partial charge in [-0.15, -0.1) is 0 Å². The number of benzene rings is 2. The van der Waals surface area contributed by atoms with E-state index in [4.69, 9.17) is 0 Å². The summed E-state index contributed by atoms with van der Waals surface area (Å²) in [5, 5.41) is 24.3. The first-order valence-corrected chi connectivity index (χ1v) is 12.1. The fraction of sp³-hybridized carbons (Fsp3) is 0.519. The van der Waals surface area contributed by atoms with Gasteiger partial charge in [0.05, 0.1) is 11.4 Å². The summed E-state index contributed by atoms with van der Waals surface area (Å²) in [5.74, 6) is -0.902. The van der Waals surface area contributed by atoms with Crippen molar-refractivity contribution >= 4 is 17.3 Å². The van der Waals surface area contributed by atoms with Gasteiger partial charge in [0.25, 0.3) is 5.91 Å². The van der Waals surface area contributed by atoms with Crippen LogP contribution in [0.2, 0.25) is 0 Å². The number of nitrogens with one attached hydrogen (secondary N) is 1. The second-order valence-electron chi connectivity index (χ2n) is 9.85. The fourth-order valence-corrected chi connectivity index (χ4v) is 4.46. The number of phenols is 2. The molecule has 1 amide bonds. The van der Waals surface area contributed by atoms with Crippen LogP contribution in [-0.2, 0) is 5.41 Å². The summed E-state index contributed by atoms with van der Waals surface area (Å²) >= 11 is 0. The smallest absolute Gasteiger partial charge is 0.263 e. The molecule has 3 rings (SSSR count). The van der Waals surface area contributed by atoms with Gasteiger partial charge < -0.3 is 25.3 Å². The third-order valence-electron chi connectivity index (χ3n) is 6.76. The molecule has 0 aromatic heterocycles. The maximum absolute atomic E-state index is 13.1. The zero-order chi connectivity index (χ0) is 24.0. The minimum Gasteiger partial charge on any atom is -0.507 e. The molecule has 0 saturated carbocycles. The molecule has 0 radical (unpaired) electrons. The third kappa shape index (κ3) is 6.20. The number of carbonyl (C=O) groups excluding carboxylic acids is 1. The Morgan fingerprint density at radius 3 is 2.27 bits per heavy atom. The Morgan fingerprint density at radius 2 is 1.64 bits per heavy atom. The number of para-hydroxylation sites is 2. The minimum atomic E-state index is -0.515. The average Bonchev–Trinajstić information content (AvgIpc) is 2.77. The van der Waals surface area contributed by atoms with Crippen LogP contribution in [-0.4, -0.2) is 54.2 Å². The number of aromatic hydroxyl groups is 2. The van der Waals surface area contributed by atoms with E-state index in [9.17, 15) is 15.0 Å². The highest BCUT2D eigenvalue weighted by Gasteiger charge is 2.26. The maximum Gasteiger partial charge on any atom is 0.263 e. The summed E-state index contributed by atoms with van der Waals surface area (Å²) in [5.41, 5.74) is 2.16. The molecule has 1 aliphatic rings. The van der Waals surface area contributed by atoms with Crippen molar-refractivity contribution in [1.82, 2.24) is 4.90 Å². The largest absolute Gasteiger partial charge is 0.507 e. The zero-order valence-electron chi connectivity index (χ0n) is 20.5. The molecule has 1 fully saturated rings. The molecule has 3 N–H and O–H groups in total. The van der Waals surface area contributed by atoms with Crippen LogP contribution >= 0.6 is 0 Å². The molecule has 1 heterocycles. The van der Waals surface area contributed by atoms with Gasteiger partial charge in [-0.2, -0.15) is 0 Å².